The van der Waals surface area contributed by atoms with Gasteiger partial charge in [-0.2, -0.15) is 5.10 Å². The first-order valence-corrected chi connectivity index (χ1v) is 8.22. The van der Waals surface area contributed by atoms with Crippen LogP contribution in [0.3, 0.4) is 0 Å². The van der Waals surface area contributed by atoms with Gasteiger partial charge in [0.25, 0.3) is 0 Å². The first-order valence-electron chi connectivity index (χ1n) is 8.22. The number of nitrogens with zero attached hydrogens (tertiary/aromatic N) is 5. The van der Waals surface area contributed by atoms with Crippen LogP contribution in [0.4, 0.5) is 0 Å². The predicted octanol–water partition coefficient (Wildman–Crippen LogP) is 1.22. The average Bonchev–Trinajstić information content (AvgIpc) is 2.92. The van der Waals surface area contributed by atoms with E-state index in [1.165, 1.54) is 32.4 Å². The molecule has 1 saturated heterocycles. The molecule has 0 saturated carbocycles. The molecular formula is C15H30IN7. The Hall–Kier alpha value is -0.900. The van der Waals surface area contributed by atoms with Gasteiger partial charge in [0.05, 0.1) is 0 Å². The molecular weight excluding hydrogens is 405 g/mol. The van der Waals surface area contributed by atoms with Crippen LogP contribution >= 0.6 is 24.0 Å². The van der Waals surface area contributed by atoms with E-state index in [0.717, 1.165) is 30.8 Å². The predicted molar refractivity (Wildman–Crippen MR) is 104 cm³/mol. The molecule has 0 aliphatic carbocycles. The molecule has 0 aromatic carbocycles. The van der Waals surface area contributed by atoms with Crippen molar-refractivity contribution >= 4 is 29.9 Å². The molecule has 1 aliphatic heterocycles. The van der Waals surface area contributed by atoms with Crippen LogP contribution in [0.15, 0.2) is 11.3 Å². The average molecular weight is 435 g/mol. The first kappa shape index (κ1) is 20.1. The Morgan fingerprint density at radius 1 is 1.30 bits per heavy atom. The summed E-state index contributed by atoms with van der Waals surface area (Å²) >= 11 is 0. The highest BCUT2D eigenvalue weighted by Crippen LogP contribution is 2.18. The van der Waals surface area contributed by atoms with Gasteiger partial charge in [0.2, 0.25) is 0 Å². The Kier molecular flexibility index (Phi) is 9.46. The number of hydrogen-bond acceptors (Lipinski definition) is 4. The summed E-state index contributed by atoms with van der Waals surface area (Å²) in [6.07, 6.45) is 5.39. The van der Waals surface area contributed by atoms with Crippen molar-refractivity contribution in [3.63, 3.8) is 0 Å². The molecule has 23 heavy (non-hydrogen) atoms. The highest BCUT2D eigenvalue weighted by atomic mass is 127. The fourth-order valence-corrected chi connectivity index (χ4v) is 2.70. The molecule has 2 rings (SSSR count). The molecule has 132 valence electrons. The van der Waals surface area contributed by atoms with Crippen LogP contribution in [0.1, 0.15) is 32.0 Å². The van der Waals surface area contributed by atoms with Gasteiger partial charge in [0.15, 0.2) is 5.96 Å². The number of rotatable bonds is 6. The number of hydrogen-bond donors (Lipinski definition) is 2. The zero-order valence-electron chi connectivity index (χ0n) is 14.5. The molecule has 2 N–H and O–H groups in total. The summed E-state index contributed by atoms with van der Waals surface area (Å²) in [6, 6.07) is 0. The molecule has 1 aromatic rings. The zero-order chi connectivity index (χ0) is 15.8. The number of likely N-dealkylation sites (tertiary alicyclic amines) is 1. The summed E-state index contributed by atoms with van der Waals surface area (Å²) in [6.45, 7) is 6.91. The van der Waals surface area contributed by atoms with Crippen molar-refractivity contribution in [2.45, 2.75) is 32.7 Å². The standard InChI is InChI=1S/C15H29N7.HI/c1-4-16-15(18-11-14-19-12-20-22(14)3)17-8-5-13-6-9-21(2)10-7-13;/h12-13H,4-11H2,1-3H3,(H2,16,17,18);1H. The Bertz CT molecular complexity index is 466. The highest BCUT2D eigenvalue weighted by molar-refractivity contribution is 14.0. The lowest BCUT2D eigenvalue weighted by Gasteiger charge is -2.29. The minimum absolute atomic E-state index is 0. The van der Waals surface area contributed by atoms with Crippen LogP contribution in [0.25, 0.3) is 0 Å². The third-order valence-corrected chi connectivity index (χ3v) is 4.21. The summed E-state index contributed by atoms with van der Waals surface area (Å²) in [5.41, 5.74) is 0. The summed E-state index contributed by atoms with van der Waals surface area (Å²) < 4.78 is 1.76. The largest absolute Gasteiger partial charge is 0.357 e. The summed E-state index contributed by atoms with van der Waals surface area (Å²) in [7, 11) is 4.09. The molecule has 0 spiro atoms. The quantitative estimate of drug-likeness (QED) is 0.400. The van der Waals surface area contributed by atoms with Crippen molar-refractivity contribution < 1.29 is 0 Å². The van der Waals surface area contributed by atoms with Crippen molar-refractivity contribution in [1.82, 2.24) is 30.3 Å². The number of aromatic nitrogens is 3. The summed E-state index contributed by atoms with van der Waals surface area (Å²) in [5, 5.41) is 10.8. The van der Waals surface area contributed by atoms with Crippen molar-refractivity contribution in [2.24, 2.45) is 18.0 Å². The van der Waals surface area contributed by atoms with E-state index in [1.807, 2.05) is 7.05 Å². The molecule has 0 bridgehead atoms. The van der Waals surface area contributed by atoms with E-state index >= 15 is 0 Å². The van der Waals surface area contributed by atoms with E-state index in [4.69, 9.17) is 0 Å². The SMILES string of the molecule is CCNC(=NCc1ncnn1C)NCCC1CCN(C)CC1.I. The molecule has 8 heteroatoms. The van der Waals surface area contributed by atoms with Crippen LogP contribution in [0.5, 0.6) is 0 Å². The molecule has 1 fully saturated rings. The van der Waals surface area contributed by atoms with Crippen LogP contribution in [0, 0.1) is 5.92 Å². The Balaban J connectivity index is 0.00000264. The van der Waals surface area contributed by atoms with Crippen LogP contribution in [-0.4, -0.2) is 58.9 Å². The molecule has 0 atom stereocenters. The molecule has 1 aromatic heterocycles. The summed E-state index contributed by atoms with van der Waals surface area (Å²) in [5.74, 6) is 2.57. The van der Waals surface area contributed by atoms with Gasteiger partial charge in [-0.05, 0) is 52.2 Å². The first-order chi connectivity index (χ1) is 10.7. The Morgan fingerprint density at radius 3 is 2.65 bits per heavy atom. The number of nitrogens with one attached hydrogen (secondary N) is 2. The van der Waals surface area contributed by atoms with Crippen molar-refractivity contribution in [3.05, 3.63) is 12.2 Å². The fourth-order valence-electron chi connectivity index (χ4n) is 2.70. The van der Waals surface area contributed by atoms with E-state index in [-0.39, 0.29) is 24.0 Å². The van der Waals surface area contributed by atoms with Crippen molar-refractivity contribution in [1.29, 1.82) is 0 Å². The second kappa shape index (κ2) is 10.8. The molecule has 0 amide bonds. The van der Waals surface area contributed by atoms with Crippen LogP contribution in [-0.2, 0) is 13.6 Å². The van der Waals surface area contributed by atoms with Gasteiger partial charge in [0.1, 0.15) is 18.7 Å². The lowest BCUT2D eigenvalue weighted by molar-refractivity contribution is 0.213. The van der Waals surface area contributed by atoms with Gasteiger partial charge < -0.3 is 15.5 Å². The van der Waals surface area contributed by atoms with Crippen LogP contribution < -0.4 is 10.6 Å². The van der Waals surface area contributed by atoms with Gasteiger partial charge >= 0.3 is 0 Å². The molecule has 7 nitrogen and oxygen atoms in total. The monoisotopic (exact) mass is 435 g/mol. The van der Waals surface area contributed by atoms with Gasteiger partial charge in [-0.1, -0.05) is 0 Å². The van der Waals surface area contributed by atoms with E-state index in [1.54, 1.807) is 11.0 Å². The maximum absolute atomic E-state index is 4.57. The molecule has 0 radical (unpaired) electrons. The Labute approximate surface area is 156 Å². The van der Waals surface area contributed by atoms with Crippen molar-refractivity contribution in [2.75, 3.05) is 33.2 Å². The molecule has 0 unspecified atom stereocenters. The normalized spacial score (nSPS) is 16.9. The number of halogens is 1. The number of aryl methyl sites for hydroxylation is 1. The maximum Gasteiger partial charge on any atom is 0.191 e. The molecule has 1 aliphatic rings. The smallest absolute Gasteiger partial charge is 0.191 e. The van der Waals surface area contributed by atoms with E-state index < -0.39 is 0 Å². The topological polar surface area (TPSA) is 70.4 Å². The highest BCUT2D eigenvalue weighted by Gasteiger charge is 2.16. The lowest BCUT2D eigenvalue weighted by Crippen LogP contribution is -2.39. The van der Waals surface area contributed by atoms with Gasteiger partial charge in [-0.25, -0.2) is 9.98 Å². The minimum Gasteiger partial charge on any atom is -0.357 e. The van der Waals surface area contributed by atoms with E-state index in [2.05, 4.69) is 44.6 Å². The third kappa shape index (κ3) is 7.03. The van der Waals surface area contributed by atoms with Gasteiger partial charge in [-0.3, -0.25) is 4.68 Å². The fraction of sp³-hybridized carbons (Fsp3) is 0.800. The van der Waals surface area contributed by atoms with E-state index in [9.17, 15) is 0 Å². The number of aliphatic imine (C=N–C) groups is 1. The number of piperidine rings is 1. The summed E-state index contributed by atoms with van der Waals surface area (Å²) in [4.78, 5) is 11.2. The lowest BCUT2D eigenvalue weighted by atomic mass is 9.94. The maximum atomic E-state index is 4.57. The number of guanidine groups is 1. The van der Waals surface area contributed by atoms with Crippen molar-refractivity contribution in [3.8, 4) is 0 Å². The van der Waals surface area contributed by atoms with Crippen LogP contribution in [0.2, 0.25) is 0 Å². The zero-order valence-corrected chi connectivity index (χ0v) is 16.8. The Morgan fingerprint density at radius 2 is 2.04 bits per heavy atom. The minimum atomic E-state index is 0. The van der Waals surface area contributed by atoms with E-state index in [0.29, 0.717) is 6.54 Å². The third-order valence-electron chi connectivity index (χ3n) is 4.21. The van der Waals surface area contributed by atoms with Gasteiger partial charge in [0, 0.05) is 20.1 Å². The molecule has 2 heterocycles. The van der Waals surface area contributed by atoms with Gasteiger partial charge in [-0.15, -0.1) is 24.0 Å². The second-order valence-electron chi connectivity index (χ2n) is 5.96. The second-order valence-corrected chi connectivity index (χ2v) is 5.96.